The van der Waals surface area contributed by atoms with Crippen LogP contribution in [0, 0.1) is 0 Å². The van der Waals surface area contributed by atoms with Crippen molar-refractivity contribution in [3.05, 3.63) is 366 Å². The Kier molecular flexibility index (Phi) is 36.0. The second-order valence-electron chi connectivity index (χ2n) is 23.3. The minimum Gasteiger partial charge on any atom is -0.311 e. The van der Waals surface area contributed by atoms with E-state index in [1.165, 1.54) is 80.1 Å². The third-order valence-electron chi connectivity index (χ3n) is 17.5. The molecule has 13 aromatic rings. The van der Waals surface area contributed by atoms with E-state index in [1.807, 2.05) is 150 Å². The number of aldehydes is 3. The van der Waals surface area contributed by atoms with Crippen molar-refractivity contribution < 1.29 is 14.4 Å². The number of para-hydroxylation sites is 6. The van der Waals surface area contributed by atoms with E-state index in [0.717, 1.165) is 102 Å². The normalized spacial score (nSPS) is 12.1. The second-order valence-corrected chi connectivity index (χ2v) is 23.3. The molecule has 1 heterocycles. The summed E-state index contributed by atoms with van der Waals surface area (Å²) in [6, 6.07) is 110. The largest absolute Gasteiger partial charge is 0.311 e. The molecule has 0 spiro atoms. The highest BCUT2D eigenvalue weighted by Gasteiger charge is 2.30. The molecule has 1 fully saturated rings. The fourth-order valence-corrected chi connectivity index (χ4v) is 12.8. The van der Waals surface area contributed by atoms with Gasteiger partial charge in [0.1, 0.15) is 18.9 Å². The first-order valence-corrected chi connectivity index (χ1v) is 37.7. The molecule has 0 saturated heterocycles. The smallest absolute Gasteiger partial charge is 0.150 e. The Morgan fingerprint density at radius 1 is 0.291 bits per heavy atom. The number of anilines is 6. The maximum atomic E-state index is 11.0. The van der Waals surface area contributed by atoms with Crippen molar-refractivity contribution >= 4 is 74.8 Å². The standard InChI is InChI=1S/C30H27NO.C28H23NO.C27H23NO.6C2H6/c32-22-23-14-16-24(17-15-23)29-12-7-13-30(29)25-18-20-28(21-19-25)31(26-8-3-1-4-9-26)27-10-5-2-6-11-27;30-20-23-10-6-9-22(19-23)8-5-7-21-15-17-24(18-16-21)29-27-13-3-1-11-25(27)26-12-2-4-14-28(26)29;29-21-24-15-13-22(14-16-24)11-12-23-17-19-27(20-18-23)28(25-7-3-1-4-8-25)26-9-5-2-6-10-26;6*1-2/h1-6,8-11,14-22,29-30H,7,12-13H2;1-4,6,9-20H,5,7-8H2;1-10,13-21H,11-12H2;6*1-2H3. The first-order valence-electron chi connectivity index (χ1n) is 37.7. The summed E-state index contributed by atoms with van der Waals surface area (Å²) in [6.45, 7) is 24.0. The number of hydrogen-bond acceptors (Lipinski definition) is 5. The van der Waals surface area contributed by atoms with Crippen LogP contribution in [0.2, 0.25) is 0 Å². The highest BCUT2D eigenvalue weighted by atomic mass is 16.1. The molecule has 0 N–H and O–H groups in total. The van der Waals surface area contributed by atoms with Crippen molar-refractivity contribution in [3.63, 3.8) is 0 Å². The van der Waals surface area contributed by atoms with Gasteiger partial charge in [0.15, 0.2) is 0 Å². The minimum absolute atomic E-state index is 0.515. The molecule has 1 aliphatic rings. The zero-order valence-corrected chi connectivity index (χ0v) is 63.1. The van der Waals surface area contributed by atoms with E-state index in [-0.39, 0.29) is 0 Å². The summed E-state index contributed by atoms with van der Waals surface area (Å²) in [5, 5.41) is 2.57. The molecule has 6 nitrogen and oxygen atoms in total. The van der Waals surface area contributed by atoms with E-state index in [1.54, 1.807) is 0 Å². The number of aryl methyl sites for hydroxylation is 4. The third-order valence-corrected chi connectivity index (χ3v) is 17.5. The van der Waals surface area contributed by atoms with Crippen LogP contribution in [0.4, 0.5) is 34.1 Å². The lowest BCUT2D eigenvalue weighted by molar-refractivity contribution is 0.111. The van der Waals surface area contributed by atoms with Gasteiger partial charge in [-0.05, 0) is 193 Å². The van der Waals surface area contributed by atoms with Gasteiger partial charge in [-0.1, -0.05) is 302 Å². The lowest BCUT2D eigenvalue weighted by Gasteiger charge is -2.26. The number of rotatable bonds is 19. The number of hydrogen-bond donors (Lipinski definition) is 0. The maximum Gasteiger partial charge on any atom is 0.150 e. The first-order chi connectivity index (χ1) is 51.0. The van der Waals surface area contributed by atoms with Gasteiger partial charge in [0, 0.05) is 67.3 Å². The van der Waals surface area contributed by atoms with Gasteiger partial charge in [-0.3, -0.25) is 14.4 Å². The van der Waals surface area contributed by atoms with Crippen LogP contribution in [-0.2, 0) is 25.7 Å². The summed E-state index contributed by atoms with van der Waals surface area (Å²) >= 11 is 0. The van der Waals surface area contributed by atoms with Crippen molar-refractivity contribution in [1.82, 2.24) is 4.57 Å². The first kappa shape index (κ1) is 81.0. The Morgan fingerprint density at radius 2 is 0.602 bits per heavy atom. The summed E-state index contributed by atoms with van der Waals surface area (Å²) in [7, 11) is 0. The highest BCUT2D eigenvalue weighted by molar-refractivity contribution is 6.09. The van der Waals surface area contributed by atoms with Crippen LogP contribution < -0.4 is 9.80 Å². The predicted molar refractivity (Wildman–Crippen MR) is 445 cm³/mol. The van der Waals surface area contributed by atoms with Gasteiger partial charge in [0.25, 0.3) is 0 Å². The number of carbonyl (C=O) groups excluding carboxylic acids is 3. The number of carbonyl (C=O) groups is 3. The quantitative estimate of drug-likeness (QED) is 0.0755. The fraction of sp³-hybridized carbons (Fsp3) is 0.227. The molecule has 530 valence electrons. The molecule has 0 bridgehead atoms. The summed E-state index contributed by atoms with van der Waals surface area (Å²) in [5.74, 6) is 1.04. The molecule has 2 unspecified atom stereocenters. The van der Waals surface area contributed by atoms with Gasteiger partial charge in [-0.2, -0.15) is 0 Å². The van der Waals surface area contributed by atoms with Crippen molar-refractivity contribution in [2.45, 2.75) is 146 Å². The molecule has 0 amide bonds. The Hall–Kier alpha value is -11.0. The Labute approximate surface area is 617 Å². The van der Waals surface area contributed by atoms with E-state index in [0.29, 0.717) is 11.8 Å². The molecule has 103 heavy (non-hydrogen) atoms. The monoisotopic (exact) mass is 1360 g/mol. The van der Waals surface area contributed by atoms with Crippen LogP contribution in [0.1, 0.15) is 185 Å². The number of fused-ring (bicyclic) bond motifs is 3. The van der Waals surface area contributed by atoms with Crippen molar-refractivity contribution in [1.29, 1.82) is 0 Å². The Balaban J connectivity index is 0.000000226. The molecule has 2 atom stereocenters. The Morgan fingerprint density at radius 3 is 1.00 bits per heavy atom. The van der Waals surface area contributed by atoms with Gasteiger partial charge in [-0.15, -0.1) is 0 Å². The van der Waals surface area contributed by atoms with Gasteiger partial charge < -0.3 is 14.4 Å². The van der Waals surface area contributed by atoms with Gasteiger partial charge in [0.2, 0.25) is 0 Å². The average Bonchev–Trinajstić information content (AvgIpc) is 1.61. The molecule has 0 aliphatic heterocycles. The van der Waals surface area contributed by atoms with Crippen LogP contribution in [-0.4, -0.2) is 23.4 Å². The summed E-state index contributed by atoms with van der Waals surface area (Å²) in [5.41, 5.74) is 20.6. The second kappa shape index (κ2) is 45.7. The molecule has 1 saturated carbocycles. The molecule has 1 aliphatic carbocycles. The van der Waals surface area contributed by atoms with Gasteiger partial charge in [0.05, 0.1) is 11.0 Å². The number of nitrogens with zero attached hydrogens (tertiary/aromatic N) is 3. The zero-order chi connectivity index (χ0) is 74.0. The highest BCUT2D eigenvalue weighted by Crippen LogP contribution is 2.47. The molecule has 14 rings (SSSR count). The molecule has 12 aromatic carbocycles. The Bertz CT molecular complexity index is 4310. The van der Waals surface area contributed by atoms with E-state index >= 15 is 0 Å². The molecule has 0 radical (unpaired) electrons. The maximum absolute atomic E-state index is 11.0. The van der Waals surface area contributed by atoms with Crippen LogP contribution >= 0.6 is 0 Å². The van der Waals surface area contributed by atoms with Crippen molar-refractivity contribution in [3.8, 4) is 5.69 Å². The van der Waals surface area contributed by atoms with E-state index in [2.05, 4.69) is 263 Å². The predicted octanol–water partition coefficient (Wildman–Crippen LogP) is 27.7. The summed E-state index contributed by atoms with van der Waals surface area (Å²) < 4.78 is 2.35. The van der Waals surface area contributed by atoms with Crippen LogP contribution in [0.5, 0.6) is 0 Å². The van der Waals surface area contributed by atoms with Crippen LogP contribution in [0.15, 0.2) is 315 Å². The lowest BCUT2D eigenvalue weighted by atomic mass is 9.84. The topological polar surface area (TPSA) is 62.6 Å². The zero-order valence-electron chi connectivity index (χ0n) is 63.1. The molecule has 6 heteroatoms. The third kappa shape index (κ3) is 22.8. The minimum atomic E-state index is 0.515. The van der Waals surface area contributed by atoms with Crippen LogP contribution in [0.25, 0.3) is 27.5 Å². The number of aromatic nitrogens is 1. The van der Waals surface area contributed by atoms with Crippen molar-refractivity contribution in [2.75, 3.05) is 9.80 Å². The van der Waals surface area contributed by atoms with E-state index < -0.39 is 0 Å². The summed E-state index contributed by atoms with van der Waals surface area (Å²) in [4.78, 5) is 37.3. The van der Waals surface area contributed by atoms with Crippen LogP contribution in [0.3, 0.4) is 0 Å². The molecular weight excluding hydrogens is 1260 g/mol. The van der Waals surface area contributed by atoms with Gasteiger partial charge in [-0.25, -0.2) is 0 Å². The fourth-order valence-electron chi connectivity index (χ4n) is 12.8. The average molecular weight is 1360 g/mol. The SMILES string of the molecule is CC.CC.CC.CC.CC.CC.O=Cc1ccc(C2CCCC2c2ccc(N(c3ccccc3)c3ccccc3)cc2)cc1.O=Cc1ccc(CCc2ccc(N(c3ccccc3)c3ccccc3)cc2)cc1.O=Cc1cccc(CCCc2ccc(-n3c4ccccc4c4ccccc43)cc2)c1. The van der Waals surface area contributed by atoms with E-state index in [9.17, 15) is 14.4 Å². The summed E-state index contributed by atoms with van der Waals surface area (Å²) in [6.07, 6.45) is 11.4. The molecule has 1 aromatic heterocycles. The van der Waals surface area contributed by atoms with Crippen molar-refractivity contribution in [2.24, 2.45) is 0 Å². The number of benzene rings is 12. The van der Waals surface area contributed by atoms with Gasteiger partial charge >= 0.3 is 0 Å². The van der Waals surface area contributed by atoms with E-state index in [4.69, 9.17) is 0 Å². The molecular formula is C97H109N3O3. The lowest BCUT2D eigenvalue weighted by Crippen LogP contribution is -2.10.